The second kappa shape index (κ2) is 5.92. The number of carbonyl (C=O) groups is 2. The van der Waals surface area contributed by atoms with Crippen molar-refractivity contribution in [1.29, 1.82) is 0 Å². The first-order valence-corrected chi connectivity index (χ1v) is 9.09. The van der Waals surface area contributed by atoms with Gasteiger partial charge in [-0.1, -0.05) is 6.92 Å². The Labute approximate surface area is 125 Å². The van der Waals surface area contributed by atoms with Crippen LogP contribution in [0, 0.1) is 11.8 Å². The Balaban J connectivity index is 1.89. The van der Waals surface area contributed by atoms with Crippen molar-refractivity contribution in [1.82, 2.24) is 9.21 Å². The number of aliphatic carboxylic acids is 1. The zero-order valence-corrected chi connectivity index (χ0v) is 13.2. The Morgan fingerprint density at radius 3 is 2.19 bits per heavy atom. The van der Waals surface area contributed by atoms with E-state index in [0.29, 0.717) is 38.9 Å². The lowest BCUT2D eigenvalue weighted by molar-refractivity contribution is -0.142. The third-order valence-corrected chi connectivity index (χ3v) is 5.75. The van der Waals surface area contributed by atoms with Crippen LogP contribution in [0.4, 0.5) is 0 Å². The Hall–Kier alpha value is -1.15. The smallest absolute Gasteiger partial charge is 0.307 e. The predicted molar refractivity (Wildman–Crippen MR) is 76.1 cm³/mol. The summed E-state index contributed by atoms with van der Waals surface area (Å²) in [5.41, 5.74) is 0. The number of amides is 1. The number of likely N-dealkylation sites (tertiary alicyclic amines) is 1. The van der Waals surface area contributed by atoms with Gasteiger partial charge in [0.25, 0.3) is 0 Å². The minimum atomic E-state index is -3.22. The van der Waals surface area contributed by atoms with Crippen molar-refractivity contribution in [2.75, 3.05) is 25.9 Å². The van der Waals surface area contributed by atoms with Crippen LogP contribution in [0.15, 0.2) is 0 Å². The predicted octanol–water partition coefficient (Wildman–Crippen LogP) is -0.0204. The molecule has 120 valence electrons. The molecular weight excluding hydrogens is 296 g/mol. The molecule has 1 heterocycles. The summed E-state index contributed by atoms with van der Waals surface area (Å²) in [6.45, 7) is 3.23. The maximum Gasteiger partial charge on any atom is 0.307 e. The van der Waals surface area contributed by atoms with Crippen LogP contribution in [-0.4, -0.2) is 66.5 Å². The maximum atomic E-state index is 12.1. The molecule has 1 saturated heterocycles. The molecule has 1 N–H and O–H groups in total. The van der Waals surface area contributed by atoms with Gasteiger partial charge in [0, 0.05) is 25.7 Å². The number of carboxylic acid groups (broad SMARTS) is 1. The van der Waals surface area contributed by atoms with Crippen molar-refractivity contribution in [3.05, 3.63) is 0 Å². The molecule has 2 aliphatic rings. The third kappa shape index (κ3) is 3.55. The molecular formula is C13H22N2O5S. The molecule has 2 rings (SSSR count). The van der Waals surface area contributed by atoms with E-state index in [0.717, 1.165) is 0 Å². The van der Waals surface area contributed by atoms with E-state index in [-0.39, 0.29) is 17.9 Å². The summed E-state index contributed by atoms with van der Waals surface area (Å²) in [5.74, 6) is -1.91. The largest absolute Gasteiger partial charge is 0.481 e. The van der Waals surface area contributed by atoms with Crippen LogP contribution in [0.1, 0.15) is 26.2 Å². The lowest BCUT2D eigenvalue weighted by Gasteiger charge is -2.37. The van der Waals surface area contributed by atoms with Crippen LogP contribution in [0.3, 0.4) is 0 Å². The van der Waals surface area contributed by atoms with Gasteiger partial charge in [0.05, 0.1) is 18.1 Å². The molecule has 7 nitrogen and oxygen atoms in total. The molecule has 0 aromatic carbocycles. The number of carbonyl (C=O) groups excluding carboxylic acids is 1. The van der Waals surface area contributed by atoms with E-state index in [4.69, 9.17) is 5.11 Å². The van der Waals surface area contributed by atoms with Gasteiger partial charge < -0.3 is 10.0 Å². The lowest BCUT2D eigenvalue weighted by Crippen LogP contribution is -2.48. The van der Waals surface area contributed by atoms with Crippen LogP contribution in [0.5, 0.6) is 0 Å². The normalized spacial score (nSPS) is 26.9. The van der Waals surface area contributed by atoms with Crippen molar-refractivity contribution in [3.63, 3.8) is 0 Å². The van der Waals surface area contributed by atoms with E-state index in [9.17, 15) is 18.0 Å². The lowest BCUT2D eigenvalue weighted by atomic mass is 10.0. The minimum Gasteiger partial charge on any atom is -0.481 e. The number of piperidine rings is 1. The number of hydrogen-bond acceptors (Lipinski definition) is 4. The first-order valence-electron chi connectivity index (χ1n) is 7.24. The summed E-state index contributed by atoms with van der Waals surface area (Å²) in [6.07, 6.45) is 2.85. The zero-order chi connectivity index (χ0) is 15.8. The Morgan fingerprint density at radius 2 is 1.81 bits per heavy atom. The van der Waals surface area contributed by atoms with Gasteiger partial charge in [0.1, 0.15) is 0 Å². The van der Waals surface area contributed by atoms with Crippen LogP contribution >= 0.6 is 0 Å². The fourth-order valence-electron chi connectivity index (χ4n) is 3.11. The topological polar surface area (TPSA) is 95.0 Å². The number of nitrogens with zero attached hydrogens (tertiary/aromatic N) is 2. The molecule has 0 spiro atoms. The summed E-state index contributed by atoms with van der Waals surface area (Å²) in [7, 11) is -3.22. The quantitative estimate of drug-likeness (QED) is 0.768. The van der Waals surface area contributed by atoms with E-state index in [1.165, 1.54) is 10.6 Å². The summed E-state index contributed by atoms with van der Waals surface area (Å²) in [5, 5.41) is 8.86. The molecule has 1 amide bonds. The molecule has 0 aromatic rings. The molecule has 1 aliphatic heterocycles. The fraction of sp³-hybridized carbons (Fsp3) is 0.846. The minimum absolute atomic E-state index is 0.0662. The summed E-state index contributed by atoms with van der Waals surface area (Å²) < 4.78 is 24.9. The van der Waals surface area contributed by atoms with Crippen molar-refractivity contribution in [2.45, 2.75) is 32.2 Å². The fourth-order valence-corrected chi connectivity index (χ4v) is 4.33. The van der Waals surface area contributed by atoms with Gasteiger partial charge >= 0.3 is 5.97 Å². The number of sulfonamides is 1. The van der Waals surface area contributed by atoms with Crippen molar-refractivity contribution in [3.8, 4) is 0 Å². The number of carboxylic acids is 1. The zero-order valence-electron chi connectivity index (χ0n) is 12.4. The molecule has 1 saturated carbocycles. The second-order valence-corrected chi connectivity index (χ2v) is 7.74. The Morgan fingerprint density at radius 1 is 1.24 bits per heavy atom. The molecule has 0 radical (unpaired) electrons. The van der Waals surface area contributed by atoms with E-state index in [1.807, 2.05) is 0 Å². The van der Waals surface area contributed by atoms with Crippen molar-refractivity contribution >= 4 is 21.9 Å². The molecule has 8 heteroatoms. The van der Waals surface area contributed by atoms with Gasteiger partial charge in [-0.2, -0.15) is 4.31 Å². The van der Waals surface area contributed by atoms with Gasteiger partial charge in [-0.3, -0.25) is 9.59 Å². The molecule has 0 aromatic heterocycles. The number of rotatable bonds is 5. The SMILES string of the molecule is CCN(C1CCN(C(=O)[C@H]2C[C@H]2C(=O)O)CC1)S(C)(=O)=O. The van der Waals surface area contributed by atoms with Crippen molar-refractivity contribution < 1.29 is 23.1 Å². The van der Waals surface area contributed by atoms with E-state index >= 15 is 0 Å². The van der Waals surface area contributed by atoms with Gasteiger partial charge in [-0.25, -0.2) is 8.42 Å². The summed E-state index contributed by atoms with van der Waals surface area (Å²) in [6, 6.07) is -0.0662. The Bertz CT molecular complexity index is 525. The average Bonchev–Trinajstić information content (AvgIpc) is 3.18. The van der Waals surface area contributed by atoms with Crippen LogP contribution < -0.4 is 0 Å². The second-order valence-electron chi connectivity index (χ2n) is 5.81. The van der Waals surface area contributed by atoms with Gasteiger partial charge in [0.15, 0.2) is 0 Å². The van der Waals surface area contributed by atoms with E-state index < -0.39 is 21.9 Å². The highest BCUT2D eigenvalue weighted by Gasteiger charge is 2.50. The van der Waals surface area contributed by atoms with Crippen molar-refractivity contribution in [2.24, 2.45) is 11.8 Å². The highest BCUT2D eigenvalue weighted by molar-refractivity contribution is 7.88. The standard InChI is InChI=1S/C13H22N2O5S/c1-3-15(21(2,19)20)9-4-6-14(7-5-9)12(16)10-8-11(10)13(17)18/h9-11H,3-8H2,1-2H3,(H,17,18)/t10-,11+/m0/s1. The van der Waals surface area contributed by atoms with E-state index in [2.05, 4.69) is 0 Å². The van der Waals surface area contributed by atoms with Gasteiger partial charge in [-0.05, 0) is 19.3 Å². The highest BCUT2D eigenvalue weighted by atomic mass is 32.2. The molecule has 0 unspecified atom stereocenters. The maximum absolute atomic E-state index is 12.1. The number of hydrogen-bond donors (Lipinski definition) is 1. The van der Waals surface area contributed by atoms with Gasteiger partial charge in [0.2, 0.25) is 15.9 Å². The Kier molecular flexibility index (Phi) is 4.57. The molecule has 0 bridgehead atoms. The first kappa shape index (κ1) is 16.2. The van der Waals surface area contributed by atoms with Crippen LogP contribution in [-0.2, 0) is 19.6 Å². The molecule has 2 fully saturated rings. The third-order valence-electron chi connectivity index (χ3n) is 4.35. The van der Waals surface area contributed by atoms with Crippen LogP contribution in [0.25, 0.3) is 0 Å². The summed E-state index contributed by atoms with van der Waals surface area (Å²) in [4.78, 5) is 24.6. The average molecular weight is 318 g/mol. The monoisotopic (exact) mass is 318 g/mol. The first-order chi connectivity index (χ1) is 9.75. The molecule has 1 aliphatic carbocycles. The highest BCUT2D eigenvalue weighted by Crippen LogP contribution is 2.40. The molecule has 21 heavy (non-hydrogen) atoms. The van der Waals surface area contributed by atoms with Gasteiger partial charge in [-0.15, -0.1) is 0 Å². The molecule has 2 atom stereocenters. The van der Waals surface area contributed by atoms with E-state index in [1.54, 1.807) is 11.8 Å². The summed E-state index contributed by atoms with van der Waals surface area (Å²) >= 11 is 0. The van der Waals surface area contributed by atoms with Crippen LogP contribution in [0.2, 0.25) is 0 Å².